The van der Waals surface area contributed by atoms with Gasteiger partial charge in [-0.1, -0.05) is 18.2 Å². The number of carbonyl (C=O) groups excluding carboxylic acids is 1. The van der Waals surface area contributed by atoms with Gasteiger partial charge in [0.25, 0.3) is 0 Å². The van der Waals surface area contributed by atoms with E-state index in [2.05, 4.69) is 22.3 Å². The van der Waals surface area contributed by atoms with E-state index in [4.69, 9.17) is 0 Å². The largest absolute Gasteiger partial charge is 0.322 e. The van der Waals surface area contributed by atoms with Crippen molar-refractivity contribution in [2.45, 2.75) is 6.54 Å². The zero-order valence-corrected chi connectivity index (χ0v) is 19.7. The smallest absolute Gasteiger partial charge is 0.321 e. The van der Waals surface area contributed by atoms with Crippen LogP contribution >= 0.6 is 0 Å². The average Bonchev–Trinajstić information content (AvgIpc) is 2.57. The van der Waals surface area contributed by atoms with E-state index in [-0.39, 0.29) is 6.03 Å². The fourth-order valence-corrected chi connectivity index (χ4v) is 2.62. The van der Waals surface area contributed by atoms with Crippen molar-refractivity contribution in [2.24, 2.45) is 0 Å². The van der Waals surface area contributed by atoms with Crippen molar-refractivity contribution in [3.63, 3.8) is 0 Å². The Morgan fingerprint density at radius 3 is 2.43 bits per heavy atom. The molecule has 23 heavy (non-hydrogen) atoms. The first-order chi connectivity index (χ1) is 10.8. The third-order valence-corrected chi connectivity index (χ3v) is 3.86. The van der Waals surface area contributed by atoms with Crippen LogP contribution in [0, 0.1) is 6.07 Å². The number of amides is 2. The number of anilines is 1. The molecule has 116 valence electrons. The summed E-state index contributed by atoms with van der Waals surface area (Å²) in [4.78, 5) is 16.5. The number of piperazine rings is 1. The van der Waals surface area contributed by atoms with Gasteiger partial charge in [0.05, 0.1) is 0 Å². The van der Waals surface area contributed by atoms with Gasteiger partial charge in [-0.15, -0.1) is 5.56 Å². The molecule has 1 aliphatic rings. The Labute approximate surface area is 131 Å². The summed E-state index contributed by atoms with van der Waals surface area (Å²) >= 11 is 0. The predicted molar refractivity (Wildman–Crippen MR) is 87.6 cm³/mol. The first-order valence-electron chi connectivity index (χ1n) is 7.59. The molecule has 1 fully saturated rings. The zero-order valence-electron chi connectivity index (χ0n) is 13.2. The fourth-order valence-electron chi connectivity index (χ4n) is 2.62. The Bertz CT molecular complexity index is 598. The van der Waals surface area contributed by atoms with Crippen molar-refractivity contribution < 1.29 is 4.79 Å². The van der Waals surface area contributed by atoms with Crippen molar-refractivity contribution in [2.75, 3.05) is 31.5 Å². The molecular weight excluding hydrogens is 544 g/mol. The van der Waals surface area contributed by atoms with Gasteiger partial charge in [0.1, 0.15) is 0 Å². The van der Waals surface area contributed by atoms with E-state index in [1.165, 1.54) is 5.56 Å². The third kappa shape index (κ3) is 4.32. The number of nitrogens with zero attached hydrogens (tertiary/aromatic N) is 2. The van der Waals surface area contributed by atoms with Gasteiger partial charge in [0.2, 0.25) is 0 Å². The molecule has 0 saturated carbocycles. The van der Waals surface area contributed by atoms with Crippen LogP contribution in [0.4, 0.5) is 10.5 Å². The van der Waals surface area contributed by atoms with Crippen LogP contribution in [-0.4, -0.2) is 42.0 Å². The standard InChI is InChI=1S/C18H20N3O.Bh/c22-18(19-17-9-5-2-6-10-17)21-13-11-20(12-14-21)15-16-7-3-1-4-8-16;/h1-3,5-10H,11-15H2,(H,19,22);/q-1;. The van der Waals surface area contributed by atoms with Crippen molar-refractivity contribution in [1.82, 2.24) is 9.80 Å². The first-order valence-corrected chi connectivity index (χ1v) is 7.59. The number of hydrogen-bond acceptors (Lipinski definition) is 2. The van der Waals surface area contributed by atoms with Crippen LogP contribution in [0.3, 0.4) is 0 Å². The van der Waals surface area contributed by atoms with Crippen molar-refractivity contribution in [3.05, 3.63) is 66.2 Å². The zero-order chi connectivity index (χ0) is 15.2. The van der Waals surface area contributed by atoms with Crippen LogP contribution in [0.1, 0.15) is 5.56 Å². The van der Waals surface area contributed by atoms with E-state index >= 15 is 0 Å². The fraction of sp³-hybridized carbons (Fsp3) is 0.278. The number of para-hydroxylation sites is 1. The van der Waals surface area contributed by atoms with Crippen LogP contribution in [0.15, 0.2) is 54.6 Å². The maximum Gasteiger partial charge on any atom is 0.321 e. The monoisotopic (exact) mass is 564 g/mol. The summed E-state index contributed by atoms with van der Waals surface area (Å²) in [5.74, 6) is 0. The van der Waals surface area contributed by atoms with Crippen molar-refractivity contribution >= 4 is 11.7 Å². The second kappa shape index (κ2) is 7.61. The summed E-state index contributed by atoms with van der Waals surface area (Å²) < 4.78 is 0. The molecule has 1 N–H and O–H groups in total. The van der Waals surface area contributed by atoms with Gasteiger partial charge in [-0.3, -0.25) is 0 Å². The summed E-state index contributed by atoms with van der Waals surface area (Å²) in [7, 11) is 0. The molecule has 0 radical (unpaired) electrons. The maximum absolute atomic E-state index is 12.2. The number of rotatable bonds is 3. The number of urea groups is 1. The van der Waals surface area contributed by atoms with Crippen molar-refractivity contribution in [1.29, 1.82) is 0 Å². The summed E-state index contributed by atoms with van der Waals surface area (Å²) in [6, 6.07) is 20.7. The SMILES string of the molecule is O=C(Nc1ccccc1)N1CCN(Cc2c[c-]ccc2)CC1.[Bh]. The molecule has 0 unspecified atom stereocenters. The molecule has 0 aromatic heterocycles. The van der Waals surface area contributed by atoms with Crippen LogP contribution < -0.4 is 5.32 Å². The number of benzene rings is 2. The minimum atomic E-state index is -0.0149. The number of hydrogen-bond donors (Lipinski definition) is 1. The molecule has 0 atom stereocenters. The van der Waals surface area contributed by atoms with Crippen LogP contribution in [0.2, 0.25) is 0 Å². The van der Waals surface area contributed by atoms with Gasteiger partial charge in [0.15, 0.2) is 0 Å². The Balaban J connectivity index is 0.00000192. The summed E-state index contributed by atoms with van der Waals surface area (Å²) in [6.07, 6.45) is 0. The van der Waals surface area contributed by atoms with Crippen LogP contribution in [-0.2, 0) is 6.54 Å². The van der Waals surface area contributed by atoms with Crippen LogP contribution in [0.5, 0.6) is 0 Å². The first kappa shape index (κ1) is 16.0. The molecule has 3 rings (SSSR count). The van der Waals surface area contributed by atoms with E-state index in [9.17, 15) is 4.79 Å². The average molecular weight is 564 g/mol. The summed E-state index contributed by atoms with van der Waals surface area (Å²) in [6.45, 7) is 4.24. The van der Waals surface area contributed by atoms with E-state index in [0.717, 1.165) is 38.4 Å². The van der Waals surface area contributed by atoms with Gasteiger partial charge in [-0.05, 0) is 18.7 Å². The van der Waals surface area contributed by atoms with Gasteiger partial charge in [0, 0.05) is 31.9 Å². The molecule has 5 heteroatoms. The maximum atomic E-state index is 12.2. The molecule has 4 nitrogen and oxygen atoms in total. The van der Waals surface area contributed by atoms with Gasteiger partial charge in [-0.25, -0.2) is 4.79 Å². The quantitative estimate of drug-likeness (QED) is 0.583. The van der Waals surface area contributed by atoms with E-state index in [1.54, 1.807) is 0 Å². The van der Waals surface area contributed by atoms with E-state index < -0.39 is 0 Å². The van der Waals surface area contributed by atoms with Crippen LogP contribution in [0.25, 0.3) is 0 Å². The Kier molecular flexibility index (Phi) is 5.31. The molecule has 2 aromatic rings. The molecule has 0 bridgehead atoms. The Morgan fingerprint density at radius 1 is 1.04 bits per heavy atom. The van der Waals surface area contributed by atoms with Crippen molar-refractivity contribution in [3.8, 4) is 0 Å². The van der Waals surface area contributed by atoms with Gasteiger partial charge >= 0.3 is 6.03 Å². The minimum absolute atomic E-state index is 0. The minimum Gasteiger partial charge on any atom is -0.322 e. The molecule has 1 heterocycles. The number of carbonyl (C=O) groups is 1. The Morgan fingerprint density at radius 2 is 1.78 bits per heavy atom. The predicted octanol–water partition coefficient (Wildman–Crippen LogP) is 2.84. The van der Waals surface area contributed by atoms with E-state index in [1.807, 2.05) is 53.4 Å². The molecular formula is C18H20BhN3O-. The Hall–Kier alpha value is -3.33. The molecule has 0 spiro atoms. The number of nitrogens with one attached hydrogen (secondary N) is 1. The second-order valence-electron chi connectivity index (χ2n) is 5.47. The molecule has 2 aromatic carbocycles. The second-order valence-corrected chi connectivity index (χ2v) is 5.47. The summed E-state index contributed by atoms with van der Waals surface area (Å²) in [5.41, 5.74) is 2.11. The molecule has 2 amide bonds. The summed E-state index contributed by atoms with van der Waals surface area (Å²) in [5, 5.41) is 2.94. The topological polar surface area (TPSA) is 35.6 Å². The normalized spacial score (nSPS) is 14.9. The molecule has 1 aliphatic heterocycles. The third-order valence-electron chi connectivity index (χ3n) is 3.86. The molecule has 0 aliphatic carbocycles. The molecule has 1 saturated heterocycles. The van der Waals surface area contributed by atoms with E-state index in [0.29, 0.717) is 0 Å². The van der Waals surface area contributed by atoms with Gasteiger partial charge in [-0.2, -0.15) is 30.3 Å². The van der Waals surface area contributed by atoms with Gasteiger partial charge < -0.3 is 15.1 Å².